The molecule has 13 heteroatoms. The van der Waals surface area contributed by atoms with Crippen molar-refractivity contribution in [2.75, 3.05) is 26.9 Å². The molecule has 0 bridgehead atoms. The van der Waals surface area contributed by atoms with Gasteiger partial charge in [-0.3, -0.25) is 0 Å². The summed E-state index contributed by atoms with van der Waals surface area (Å²) in [5.74, 6) is -1.82. The second-order valence-corrected chi connectivity index (χ2v) is 8.21. The second-order valence-electron chi connectivity index (χ2n) is 7.43. The van der Waals surface area contributed by atoms with Crippen LogP contribution in [-0.4, -0.2) is 59.0 Å². The third-order valence-corrected chi connectivity index (χ3v) is 5.97. The maximum Gasteiger partial charge on any atom is 0.336 e. The van der Waals surface area contributed by atoms with E-state index in [2.05, 4.69) is 20.7 Å². The average molecular weight is 525 g/mol. The minimum absolute atomic E-state index is 0.0288. The summed E-state index contributed by atoms with van der Waals surface area (Å²) in [6.07, 6.45) is 0. The summed E-state index contributed by atoms with van der Waals surface area (Å²) < 4.78 is 16.1. The molecule has 35 heavy (non-hydrogen) atoms. The number of tetrazole rings is 1. The molecule has 0 saturated heterocycles. The number of halogens is 2. The SMILES string of the molecule is CCOC(=O)C1=C(COCc2nnn(CCN)n2)NC(C)=C(C(=O)OC)C1c1cccc(Cl)c1Cl. The lowest BCUT2D eigenvalue weighted by Crippen LogP contribution is -2.34. The zero-order valence-corrected chi connectivity index (χ0v) is 21.0. The van der Waals surface area contributed by atoms with Crippen LogP contribution in [0.3, 0.4) is 0 Å². The fourth-order valence-corrected chi connectivity index (χ4v) is 4.10. The number of hydrogen-bond acceptors (Lipinski definition) is 10. The number of nitrogens with two attached hydrogens (primary N) is 1. The molecule has 0 fully saturated rings. The quantitative estimate of drug-likeness (QED) is 0.443. The Hall–Kier alpha value is -2.99. The van der Waals surface area contributed by atoms with Crippen molar-refractivity contribution in [1.29, 1.82) is 0 Å². The summed E-state index contributed by atoms with van der Waals surface area (Å²) in [5.41, 5.74) is 7.17. The van der Waals surface area contributed by atoms with Gasteiger partial charge in [-0.05, 0) is 30.7 Å². The van der Waals surface area contributed by atoms with Gasteiger partial charge < -0.3 is 25.3 Å². The molecular formula is C22H26Cl2N6O5. The first-order chi connectivity index (χ1) is 16.8. The van der Waals surface area contributed by atoms with Gasteiger partial charge in [0.25, 0.3) is 0 Å². The largest absolute Gasteiger partial charge is 0.466 e. The highest BCUT2D eigenvalue weighted by Gasteiger charge is 2.40. The zero-order valence-electron chi connectivity index (χ0n) is 19.5. The fraction of sp³-hybridized carbons (Fsp3) is 0.409. The van der Waals surface area contributed by atoms with Crippen molar-refractivity contribution in [3.8, 4) is 0 Å². The fourth-order valence-electron chi connectivity index (χ4n) is 3.68. The Kier molecular flexibility index (Phi) is 9.21. The molecule has 1 atom stereocenters. The summed E-state index contributed by atoms with van der Waals surface area (Å²) in [5, 5.41) is 15.6. The summed E-state index contributed by atoms with van der Waals surface area (Å²) in [6, 6.07) is 4.99. The highest BCUT2D eigenvalue weighted by Crippen LogP contribution is 2.43. The average Bonchev–Trinajstić information content (AvgIpc) is 3.27. The molecule has 1 unspecified atom stereocenters. The number of rotatable bonds is 10. The first-order valence-electron chi connectivity index (χ1n) is 10.8. The van der Waals surface area contributed by atoms with E-state index in [0.717, 1.165) is 0 Å². The Bertz CT molecular complexity index is 1160. The van der Waals surface area contributed by atoms with Crippen LogP contribution in [0.2, 0.25) is 10.0 Å². The number of benzene rings is 1. The van der Waals surface area contributed by atoms with Gasteiger partial charge in [-0.15, -0.1) is 10.2 Å². The molecule has 0 amide bonds. The Labute approximate surface area is 212 Å². The van der Waals surface area contributed by atoms with Crippen LogP contribution in [0.4, 0.5) is 0 Å². The Morgan fingerprint density at radius 1 is 1.20 bits per heavy atom. The Morgan fingerprint density at radius 3 is 2.66 bits per heavy atom. The maximum absolute atomic E-state index is 13.2. The van der Waals surface area contributed by atoms with Crippen molar-refractivity contribution in [2.24, 2.45) is 5.73 Å². The topological polar surface area (TPSA) is 143 Å². The lowest BCUT2D eigenvalue weighted by Gasteiger charge is -2.31. The summed E-state index contributed by atoms with van der Waals surface area (Å²) in [4.78, 5) is 27.4. The summed E-state index contributed by atoms with van der Waals surface area (Å²) >= 11 is 12.8. The van der Waals surface area contributed by atoms with E-state index in [1.54, 1.807) is 32.0 Å². The van der Waals surface area contributed by atoms with E-state index in [0.29, 0.717) is 35.9 Å². The first-order valence-corrected chi connectivity index (χ1v) is 11.5. The van der Waals surface area contributed by atoms with E-state index >= 15 is 0 Å². The highest BCUT2D eigenvalue weighted by atomic mass is 35.5. The molecule has 1 aliphatic rings. The standard InChI is InChI=1S/C22H26Cl2N6O5/c1-4-35-22(32)19-15(10-34-11-16-27-29-30(28-16)9-8-25)26-12(2)17(21(31)33-3)18(19)13-6-5-7-14(23)20(13)24/h5-7,18,26H,4,8-11,25H2,1-3H3. The molecule has 0 saturated carbocycles. The number of allylic oxidation sites excluding steroid dienone is 1. The van der Waals surface area contributed by atoms with Crippen LogP contribution >= 0.6 is 23.2 Å². The smallest absolute Gasteiger partial charge is 0.336 e. The molecule has 188 valence electrons. The number of dihydropyridines is 1. The first kappa shape index (κ1) is 26.6. The molecule has 11 nitrogen and oxygen atoms in total. The van der Waals surface area contributed by atoms with Gasteiger partial charge in [0.15, 0.2) is 5.82 Å². The number of esters is 2. The van der Waals surface area contributed by atoms with Crippen molar-refractivity contribution in [3.63, 3.8) is 0 Å². The van der Waals surface area contributed by atoms with Gasteiger partial charge in [-0.25, -0.2) is 9.59 Å². The van der Waals surface area contributed by atoms with Gasteiger partial charge in [-0.1, -0.05) is 35.3 Å². The van der Waals surface area contributed by atoms with E-state index in [1.165, 1.54) is 11.9 Å². The van der Waals surface area contributed by atoms with Crippen molar-refractivity contribution < 1.29 is 23.8 Å². The number of aromatic nitrogens is 4. The van der Waals surface area contributed by atoms with Gasteiger partial charge in [0.2, 0.25) is 0 Å². The predicted octanol–water partition coefficient (Wildman–Crippen LogP) is 2.11. The van der Waals surface area contributed by atoms with Crippen molar-refractivity contribution in [1.82, 2.24) is 25.5 Å². The van der Waals surface area contributed by atoms with Crippen LogP contribution < -0.4 is 11.1 Å². The molecular weight excluding hydrogens is 499 g/mol. The van der Waals surface area contributed by atoms with Gasteiger partial charge >= 0.3 is 11.9 Å². The van der Waals surface area contributed by atoms with Crippen LogP contribution in [0.15, 0.2) is 40.7 Å². The Balaban J connectivity index is 2.03. The van der Waals surface area contributed by atoms with Crippen LogP contribution in [0, 0.1) is 0 Å². The van der Waals surface area contributed by atoms with Crippen molar-refractivity contribution in [3.05, 3.63) is 62.2 Å². The number of ether oxygens (including phenoxy) is 3. The van der Waals surface area contributed by atoms with Crippen molar-refractivity contribution >= 4 is 35.1 Å². The zero-order chi connectivity index (χ0) is 25.5. The number of methoxy groups -OCH3 is 1. The van der Waals surface area contributed by atoms with Gasteiger partial charge in [0, 0.05) is 12.2 Å². The van der Waals surface area contributed by atoms with Crippen molar-refractivity contribution in [2.45, 2.75) is 32.9 Å². The molecule has 1 aromatic carbocycles. The number of nitrogens with one attached hydrogen (secondary N) is 1. The molecule has 3 rings (SSSR count). The van der Waals surface area contributed by atoms with Crippen LogP contribution in [0.1, 0.15) is 31.2 Å². The molecule has 2 aromatic rings. The molecule has 3 N–H and O–H groups in total. The maximum atomic E-state index is 13.2. The van der Waals surface area contributed by atoms with E-state index in [1.807, 2.05) is 0 Å². The van der Waals surface area contributed by atoms with Crippen LogP contribution in [-0.2, 0) is 37.0 Å². The normalized spacial score (nSPS) is 15.8. The summed E-state index contributed by atoms with van der Waals surface area (Å²) in [7, 11) is 1.26. The predicted molar refractivity (Wildman–Crippen MR) is 127 cm³/mol. The van der Waals surface area contributed by atoms with Gasteiger partial charge in [-0.2, -0.15) is 4.80 Å². The number of carbonyl (C=O) groups excluding carboxylic acids is 2. The molecule has 0 radical (unpaired) electrons. The Morgan fingerprint density at radius 2 is 1.97 bits per heavy atom. The number of nitrogens with zero attached hydrogens (tertiary/aromatic N) is 4. The highest BCUT2D eigenvalue weighted by molar-refractivity contribution is 6.42. The van der Waals surface area contributed by atoms with E-state index in [4.69, 9.17) is 43.1 Å². The molecule has 2 heterocycles. The molecule has 0 spiro atoms. The third-order valence-electron chi connectivity index (χ3n) is 5.14. The summed E-state index contributed by atoms with van der Waals surface area (Å²) in [6.45, 7) is 4.29. The monoisotopic (exact) mass is 524 g/mol. The van der Waals surface area contributed by atoms with E-state index in [9.17, 15) is 9.59 Å². The van der Waals surface area contributed by atoms with Gasteiger partial charge in [0.05, 0.1) is 59.7 Å². The lowest BCUT2D eigenvalue weighted by molar-refractivity contribution is -0.139. The second kappa shape index (κ2) is 12.1. The molecule has 1 aliphatic heterocycles. The van der Waals surface area contributed by atoms with Crippen LogP contribution in [0.25, 0.3) is 0 Å². The molecule has 0 aliphatic carbocycles. The number of carbonyl (C=O) groups is 2. The third kappa shape index (κ3) is 5.99. The van der Waals surface area contributed by atoms with Gasteiger partial charge in [0.1, 0.15) is 6.61 Å². The van der Waals surface area contributed by atoms with Crippen LogP contribution in [0.5, 0.6) is 0 Å². The van der Waals surface area contributed by atoms with E-state index < -0.39 is 17.9 Å². The minimum atomic E-state index is -0.906. The van der Waals surface area contributed by atoms with E-state index in [-0.39, 0.29) is 41.0 Å². The number of hydrogen-bond donors (Lipinski definition) is 2. The minimum Gasteiger partial charge on any atom is -0.466 e. The lowest BCUT2D eigenvalue weighted by atomic mass is 9.80. The molecule has 1 aromatic heterocycles.